The number of hydrogen-bond donors (Lipinski definition) is 1. The van der Waals surface area contributed by atoms with Gasteiger partial charge in [-0.25, -0.2) is 0 Å². The van der Waals surface area contributed by atoms with Gasteiger partial charge in [0.2, 0.25) is 0 Å². The SMILES string of the molecule is CCCC(=N)c1ccc([N+](=O)[O-])c2cccnc12. The molecule has 1 aromatic carbocycles. The van der Waals surface area contributed by atoms with Crippen molar-refractivity contribution in [1.82, 2.24) is 4.98 Å². The van der Waals surface area contributed by atoms with Crippen LogP contribution in [-0.2, 0) is 0 Å². The lowest BCUT2D eigenvalue weighted by Gasteiger charge is -2.06. The van der Waals surface area contributed by atoms with Crippen molar-refractivity contribution in [2.45, 2.75) is 19.8 Å². The van der Waals surface area contributed by atoms with Crippen LogP contribution in [0.5, 0.6) is 0 Å². The predicted octanol–water partition coefficient (Wildman–Crippen LogP) is 3.31. The van der Waals surface area contributed by atoms with Crippen molar-refractivity contribution < 1.29 is 4.92 Å². The summed E-state index contributed by atoms with van der Waals surface area (Å²) in [4.78, 5) is 14.7. The molecule has 0 fully saturated rings. The van der Waals surface area contributed by atoms with Crippen LogP contribution in [0.4, 0.5) is 5.69 Å². The Hall–Kier alpha value is -2.30. The van der Waals surface area contributed by atoms with E-state index in [0.29, 0.717) is 28.6 Å². The van der Waals surface area contributed by atoms with Gasteiger partial charge < -0.3 is 5.41 Å². The molecule has 92 valence electrons. The Kier molecular flexibility index (Phi) is 3.32. The first kappa shape index (κ1) is 12.2. The highest BCUT2D eigenvalue weighted by atomic mass is 16.6. The maximum Gasteiger partial charge on any atom is 0.278 e. The fourth-order valence-electron chi connectivity index (χ4n) is 1.94. The Bertz CT molecular complexity index is 623. The van der Waals surface area contributed by atoms with Gasteiger partial charge in [0.1, 0.15) is 0 Å². The fraction of sp³-hybridized carbons (Fsp3) is 0.231. The third-order valence-corrected chi connectivity index (χ3v) is 2.77. The number of nitro benzene ring substituents is 1. The second kappa shape index (κ2) is 4.91. The number of aromatic nitrogens is 1. The zero-order valence-corrected chi connectivity index (χ0v) is 10.0. The molecule has 0 aliphatic rings. The van der Waals surface area contributed by atoms with E-state index in [1.165, 1.54) is 6.07 Å². The molecule has 0 unspecified atom stereocenters. The summed E-state index contributed by atoms with van der Waals surface area (Å²) >= 11 is 0. The van der Waals surface area contributed by atoms with Crippen LogP contribution in [0, 0.1) is 15.5 Å². The second-order valence-electron chi connectivity index (χ2n) is 4.02. The Morgan fingerprint density at radius 2 is 2.22 bits per heavy atom. The maximum atomic E-state index is 10.9. The number of benzene rings is 1. The van der Waals surface area contributed by atoms with Crippen LogP contribution >= 0.6 is 0 Å². The molecule has 1 N–H and O–H groups in total. The summed E-state index contributed by atoms with van der Waals surface area (Å²) in [6, 6.07) is 6.40. The van der Waals surface area contributed by atoms with Gasteiger partial charge in [0, 0.05) is 23.5 Å². The summed E-state index contributed by atoms with van der Waals surface area (Å²) in [5.74, 6) is 0. The molecule has 0 saturated heterocycles. The summed E-state index contributed by atoms with van der Waals surface area (Å²) in [7, 11) is 0. The maximum absolute atomic E-state index is 10.9. The largest absolute Gasteiger partial charge is 0.305 e. The molecular weight excluding hydrogens is 230 g/mol. The monoisotopic (exact) mass is 243 g/mol. The lowest BCUT2D eigenvalue weighted by molar-refractivity contribution is -0.383. The van der Waals surface area contributed by atoms with E-state index < -0.39 is 4.92 Å². The minimum absolute atomic E-state index is 0.0335. The molecule has 0 spiro atoms. The number of hydrogen-bond acceptors (Lipinski definition) is 4. The number of rotatable bonds is 4. The normalized spacial score (nSPS) is 10.5. The van der Waals surface area contributed by atoms with Gasteiger partial charge in [0.25, 0.3) is 5.69 Å². The highest BCUT2D eigenvalue weighted by molar-refractivity contribution is 6.09. The first-order chi connectivity index (χ1) is 8.65. The van der Waals surface area contributed by atoms with E-state index in [4.69, 9.17) is 5.41 Å². The molecule has 0 atom stereocenters. The first-order valence-electron chi connectivity index (χ1n) is 5.75. The lowest BCUT2D eigenvalue weighted by Crippen LogP contribution is -2.02. The van der Waals surface area contributed by atoms with Gasteiger partial charge in [0.05, 0.1) is 15.8 Å². The Morgan fingerprint density at radius 1 is 1.44 bits per heavy atom. The van der Waals surface area contributed by atoms with E-state index in [2.05, 4.69) is 4.98 Å². The molecule has 1 heterocycles. The minimum Gasteiger partial charge on any atom is -0.305 e. The van der Waals surface area contributed by atoms with Crippen molar-refractivity contribution in [2.24, 2.45) is 0 Å². The molecule has 0 aliphatic carbocycles. The fourth-order valence-corrected chi connectivity index (χ4v) is 1.94. The van der Waals surface area contributed by atoms with Gasteiger partial charge in [-0.3, -0.25) is 15.1 Å². The lowest BCUT2D eigenvalue weighted by atomic mass is 10.0. The van der Waals surface area contributed by atoms with E-state index in [1.807, 2.05) is 6.92 Å². The van der Waals surface area contributed by atoms with E-state index in [-0.39, 0.29) is 5.69 Å². The van der Waals surface area contributed by atoms with E-state index in [1.54, 1.807) is 24.4 Å². The van der Waals surface area contributed by atoms with Gasteiger partial charge in [0.15, 0.2) is 0 Å². The average Bonchev–Trinajstić information content (AvgIpc) is 2.37. The second-order valence-corrected chi connectivity index (χ2v) is 4.02. The van der Waals surface area contributed by atoms with Gasteiger partial charge in [-0.2, -0.15) is 0 Å². The smallest absolute Gasteiger partial charge is 0.278 e. The number of nitrogens with zero attached hydrogens (tertiary/aromatic N) is 2. The van der Waals surface area contributed by atoms with Crippen molar-refractivity contribution in [3.63, 3.8) is 0 Å². The van der Waals surface area contributed by atoms with E-state index in [0.717, 1.165) is 6.42 Å². The first-order valence-corrected chi connectivity index (χ1v) is 5.75. The number of pyridine rings is 1. The molecule has 0 bridgehead atoms. The van der Waals surface area contributed by atoms with Gasteiger partial charge in [-0.15, -0.1) is 0 Å². The van der Waals surface area contributed by atoms with Gasteiger partial charge in [-0.05, 0) is 24.6 Å². The summed E-state index contributed by atoms with van der Waals surface area (Å²) < 4.78 is 0. The zero-order chi connectivity index (χ0) is 13.1. The van der Waals surface area contributed by atoms with Crippen LogP contribution in [0.3, 0.4) is 0 Å². The minimum atomic E-state index is -0.419. The summed E-state index contributed by atoms with van der Waals surface area (Å²) in [5, 5.41) is 19.4. The van der Waals surface area contributed by atoms with Crippen LogP contribution in [-0.4, -0.2) is 15.6 Å². The van der Waals surface area contributed by atoms with Crippen molar-refractivity contribution in [1.29, 1.82) is 5.41 Å². The van der Waals surface area contributed by atoms with Crippen LogP contribution in [0.25, 0.3) is 10.9 Å². The Morgan fingerprint density at radius 3 is 2.89 bits per heavy atom. The molecule has 5 nitrogen and oxygen atoms in total. The molecule has 0 saturated carbocycles. The average molecular weight is 243 g/mol. The summed E-state index contributed by atoms with van der Waals surface area (Å²) in [6.45, 7) is 2.00. The molecule has 1 aromatic heterocycles. The number of non-ortho nitro benzene ring substituents is 1. The number of fused-ring (bicyclic) bond motifs is 1. The predicted molar refractivity (Wildman–Crippen MR) is 70.1 cm³/mol. The molecule has 18 heavy (non-hydrogen) atoms. The van der Waals surface area contributed by atoms with Crippen molar-refractivity contribution in [3.8, 4) is 0 Å². The van der Waals surface area contributed by atoms with Crippen molar-refractivity contribution in [3.05, 3.63) is 46.1 Å². The van der Waals surface area contributed by atoms with Crippen molar-refractivity contribution >= 4 is 22.3 Å². The van der Waals surface area contributed by atoms with E-state index in [9.17, 15) is 10.1 Å². The highest BCUT2D eigenvalue weighted by Crippen LogP contribution is 2.27. The third-order valence-electron chi connectivity index (χ3n) is 2.77. The van der Waals surface area contributed by atoms with Gasteiger partial charge in [-0.1, -0.05) is 13.3 Å². The van der Waals surface area contributed by atoms with Crippen LogP contribution in [0.2, 0.25) is 0 Å². The van der Waals surface area contributed by atoms with Crippen LogP contribution in [0.15, 0.2) is 30.5 Å². The Balaban J connectivity index is 2.68. The van der Waals surface area contributed by atoms with Crippen LogP contribution < -0.4 is 0 Å². The quantitative estimate of drug-likeness (QED) is 0.508. The van der Waals surface area contributed by atoms with Crippen molar-refractivity contribution in [2.75, 3.05) is 0 Å². The number of nitro groups is 1. The van der Waals surface area contributed by atoms with Gasteiger partial charge >= 0.3 is 0 Å². The molecule has 2 aromatic rings. The molecule has 0 amide bonds. The van der Waals surface area contributed by atoms with Crippen LogP contribution in [0.1, 0.15) is 25.3 Å². The standard InChI is InChI=1S/C13H13N3O2/c1-2-4-11(14)9-6-7-12(16(17)18)10-5-3-8-15-13(9)10/h3,5-8,14H,2,4H2,1H3. The summed E-state index contributed by atoms with van der Waals surface area (Å²) in [6.07, 6.45) is 3.10. The molecule has 0 aliphatic heterocycles. The molecule has 5 heteroatoms. The Labute approximate surface area is 104 Å². The summed E-state index contributed by atoms with van der Waals surface area (Å²) in [5.41, 5.74) is 1.71. The topological polar surface area (TPSA) is 79.9 Å². The molecule has 2 rings (SSSR count). The molecular formula is C13H13N3O2. The highest BCUT2D eigenvalue weighted by Gasteiger charge is 2.16. The molecule has 0 radical (unpaired) electrons. The number of nitrogens with one attached hydrogen (secondary N) is 1. The third kappa shape index (κ3) is 2.07. The van der Waals surface area contributed by atoms with E-state index >= 15 is 0 Å². The zero-order valence-electron chi connectivity index (χ0n) is 10.0.